The third-order valence-corrected chi connectivity index (χ3v) is 7.04. The van der Waals surface area contributed by atoms with Crippen LogP contribution in [0.25, 0.3) is 0 Å². The van der Waals surface area contributed by atoms with Crippen molar-refractivity contribution in [3.05, 3.63) is 71.5 Å². The van der Waals surface area contributed by atoms with Gasteiger partial charge in [-0.2, -0.15) is 5.10 Å². The minimum Gasteiger partial charge on any atom is -0.497 e. The standard InChI is InChI=1S/C23H28N4O4S/c1-17-5-10-22(13-18(17)2)32(29,30)27(20-6-8-21(31-4)9-7-20)12-11-23(28)24-14-19-15-25-26(3)16-19/h5-10,13,15-16H,11-12,14H2,1-4H3,(H,24,28). The number of sulfonamides is 1. The summed E-state index contributed by atoms with van der Waals surface area (Å²) in [5.41, 5.74) is 3.23. The number of carbonyl (C=O) groups is 1. The van der Waals surface area contributed by atoms with Crippen LogP contribution in [-0.2, 0) is 28.4 Å². The first kappa shape index (κ1) is 23.3. The van der Waals surface area contributed by atoms with E-state index in [0.717, 1.165) is 16.7 Å². The van der Waals surface area contributed by atoms with Gasteiger partial charge in [0, 0.05) is 38.3 Å². The molecule has 0 atom stereocenters. The third-order valence-electron chi connectivity index (χ3n) is 5.22. The van der Waals surface area contributed by atoms with E-state index in [1.54, 1.807) is 67.5 Å². The Bertz CT molecular complexity index is 1190. The molecule has 0 aliphatic rings. The highest BCUT2D eigenvalue weighted by molar-refractivity contribution is 7.92. The molecule has 3 rings (SSSR count). The molecule has 0 bridgehead atoms. The maximum atomic E-state index is 13.5. The first-order valence-corrected chi connectivity index (χ1v) is 11.6. The van der Waals surface area contributed by atoms with Gasteiger partial charge in [0.15, 0.2) is 0 Å². The maximum Gasteiger partial charge on any atom is 0.264 e. The topological polar surface area (TPSA) is 93.5 Å². The van der Waals surface area contributed by atoms with Gasteiger partial charge in [0.2, 0.25) is 5.91 Å². The molecule has 9 heteroatoms. The van der Waals surface area contributed by atoms with Crippen LogP contribution in [0.2, 0.25) is 0 Å². The highest BCUT2D eigenvalue weighted by Crippen LogP contribution is 2.27. The quantitative estimate of drug-likeness (QED) is 0.534. The van der Waals surface area contributed by atoms with Crippen molar-refractivity contribution in [2.75, 3.05) is 18.0 Å². The molecule has 3 aromatic rings. The smallest absolute Gasteiger partial charge is 0.264 e. The predicted octanol–water partition coefficient (Wildman–Crippen LogP) is 2.95. The van der Waals surface area contributed by atoms with Crippen molar-refractivity contribution in [3.8, 4) is 5.75 Å². The monoisotopic (exact) mass is 456 g/mol. The summed E-state index contributed by atoms with van der Waals surface area (Å²) in [7, 11) is -0.525. The Labute approximate surface area is 188 Å². The number of rotatable bonds is 9. The second-order valence-electron chi connectivity index (χ2n) is 7.57. The number of anilines is 1. The average Bonchev–Trinajstić information content (AvgIpc) is 3.19. The molecule has 1 N–H and O–H groups in total. The molecule has 1 amide bonds. The maximum absolute atomic E-state index is 13.5. The van der Waals surface area contributed by atoms with Crippen LogP contribution >= 0.6 is 0 Å². The van der Waals surface area contributed by atoms with Crippen LogP contribution in [0.5, 0.6) is 5.75 Å². The number of aromatic nitrogens is 2. The van der Waals surface area contributed by atoms with E-state index in [1.165, 1.54) is 4.31 Å². The number of benzene rings is 2. The van der Waals surface area contributed by atoms with Gasteiger partial charge in [-0.05, 0) is 61.4 Å². The number of aryl methyl sites for hydroxylation is 3. The van der Waals surface area contributed by atoms with Gasteiger partial charge in [-0.25, -0.2) is 8.42 Å². The van der Waals surface area contributed by atoms with Gasteiger partial charge in [0.25, 0.3) is 10.0 Å². The third kappa shape index (κ3) is 5.47. The van der Waals surface area contributed by atoms with Crippen molar-refractivity contribution < 1.29 is 17.9 Å². The minimum absolute atomic E-state index is 0.000456. The van der Waals surface area contributed by atoms with Crippen molar-refractivity contribution >= 4 is 21.6 Å². The Morgan fingerprint density at radius 2 is 1.84 bits per heavy atom. The molecular weight excluding hydrogens is 428 g/mol. The zero-order chi connectivity index (χ0) is 23.3. The van der Waals surface area contributed by atoms with E-state index in [0.29, 0.717) is 18.0 Å². The summed E-state index contributed by atoms with van der Waals surface area (Å²) >= 11 is 0. The van der Waals surface area contributed by atoms with E-state index < -0.39 is 10.0 Å². The molecule has 0 fully saturated rings. The Morgan fingerprint density at radius 3 is 2.44 bits per heavy atom. The van der Waals surface area contributed by atoms with Crippen molar-refractivity contribution in [2.24, 2.45) is 7.05 Å². The number of methoxy groups -OCH3 is 1. The fourth-order valence-corrected chi connectivity index (χ4v) is 4.74. The van der Waals surface area contributed by atoms with Crippen LogP contribution in [0.1, 0.15) is 23.1 Å². The molecule has 0 radical (unpaired) electrons. The summed E-state index contributed by atoms with van der Waals surface area (Å²) in [6.45, 7) is 4.14. The lowest BCUT2D eigenvalue weighted by molar-refractivity contribution is -0.121. The van der Waals surface area contributed by atoms with Gasteiger partial charge < -0.3 is 10.1 Å². The largest absolute Gasteiger partial charge is 0.497 e. The zero-order valence-corrected chi connectivity index (χ0v) is 19.5. The summed E-state index contributed by atoms with van der Waals surface area (Å²) in [6.07, 6.45) is 3.50. The number of nitrogens with zero attached hydrogens (tertiary/aromatic N) is 3. The fraction of sp³-hybridized carbons (Fsp3) is 0.304. The van der Waals surface area contributed by atoms with Crippen molar-refractivity contribution in [1.29, 1.82) is 0 Å². The minimum atomic E-state index is -3.87. The predicted molar refractivity (Wildman–Crippen MR) is 123 cm³/mol. The molecule has 0 unspecified atom stereocenters. The average molecular weight is 457 g/mol. The van der Waals surface area contributed by atoms with Crippen molar-refractivity contribution in [1.82, 2.24) is 15.1 Å². The van der Waals surface area contributed by atoms with Crippen LogP contribution in [0.15, 0.2) is 59.8 Å². The molecule has 1 aromatic heterocycles. The molecule has 8 nitrogen and oxygen atoms in total. The van der Waals surface area contributed by atoms with Gasteiger partial charge in [-0.15, -0.1) is 0 Å². The number of amides is 1. The summed E-state index contributed by atoms with van der Waals surface area (Å²) < 4.78 is 35.1. The number of nitrogens with one attached hydrogen (secondary N) is 1. The van der Waals surface area contributed by atoms with E-state index in [1.807, 2.05) is 20.0 Å². The van der Waals surface area contributed by atoms with E-state index >= 15 is 0 Å². The molecular formula is C23H28N4O4S. The van der Waals surface area contributed by atoms with Crippen molar-refractivity contribution in [3.63, 3.8) is 0 Å². The van der Waals surface area contributed by atoms with Crippen LogP contribution in [0, 0.1) is 13.8 Å². The van der Waals surface area contributed by atoms with Gasteiger partial charge in [-0.3, -0.25) is 13.8 Å². The fourth-order valence-electron chi connectivity index (χ4n) is 3.19. The van der Waals surface area contributed by atoms with E-state index in [9.17, 15) is 13.2 Å². The highest BCUT2D eigenvalue weighted by atomic mass is 32.2. The molecule has 32 heavy (non-hydrogen) atoms. The molecule has 0 saturated heterocycles. The first-order chi connectivity index (χ1) is 15.2. The molecule has 170 valence electrons. The lowest BCUT2D eigenvalue weighted by Gasteiger charge is -2.25. The van der Waals surface area contributed by atoms with E-state index in [4.69, 9.17) is 4.74 Å². The van der Waals surface area contributed by atoms with Crippen LogP contribution in [0.4, 0.5) is 5.69 Å². The molecule has 0 spiro atoms. The van der Waals surface area contributed by atoms with Crippen molar-refractivity contribution in [2.45, 2.75) is 31.7 Å². The van der Waals surface area contributed by atoms with Gasteiger partial charge in [0.1, 0.15) is 5.75 Å². The van der Waals surface area contributed by atoms with Crippen LogP contribution in [0.3, 0.4) is 0 Å². The number of hydrogen-bond acceptors (Lipinski definition) is 5. The Balaban J connectivity index is 1.81. The number of ether oxygens (including phenoxy) is 1. The van der Waals surface area contributed by atoms with Gasteiger partial charge >= 0.3 is 0 Å². The molecule has 0 aliphatic heterocycles. The Hall–Kier alpha value is -3.33. The lowest BCUT2D eigenvalue weighted by atomic mass is 10.1. The molecule has 0 aliphatic carbocycles. The SMILES string of the molecule is COc1ccc(N(CCC(=O)NCc2cnn(C)c2)S(=O)(=O)c2ccc(C)c(C)c2)cc1. The summed E-state index contributed by atoms with van der Waals surface area (Å²) in [6, 6.07) is 11.8. The molecule has 1 heterocycles. The second kappa shape index (κ2) is 9.86. The van der Waals surface area contributed by atoms with Gasteiger partial charge in [-0.1, -0.05) is 6.07 Å². The molecule has 0 saturated carbocycles. The van der Waals surface area contributed by atoms with Crippen LogP contribution < -0.4 is 14.4 Å². The lowest BCUT2D eigenvalue weighted by Crippen LogP contribution is -2.35. The van der Waals surface area contributed by atoms with Crippen LogP contribution in [-0.4, -0.2) is 37.8 Å². The van der Waals surface area contributed by atoms with E-state index in [2.05, 4.69) is 10.4 Å². The summed E-state index contributed by atoms with van der Waals surface area (Å²) in [4.78, 5) is 12.6. The highest BCUT2D eigenvalue weighted by Gasteiger charge is 2.26. The first-order valence-electron chi connectivity index (χ1n) is 10.2. The molecule has 2 aromatic carbocycles. The van der Waals surface area contributed by atoms with E-state index in [-0.39, 0.29) is 23.8 Å². The van der Waals surface area contributed by atoms with Gasteiger partial charge in [0.05, 0.1) is 23.9 Å². The number of hydrogen-bond donors (Lipinski definition) is 1. The number of carbonyl (C=O) groups excluding carboxylic acids is 1. The Morgan fingerprint density at radius 1 is 1.12 bits per heavy atom. The summed E-state index contributed by atoms with van der Waals surface area (Å²) in [5, 5.41) is 6.88. The zero-order valence-electron chi connectivity index (χ0n) is 18.7. The normalized spacial score (nSPS) is 11.2. The summed E-state index contributed by atoms with van der Waals surface area (Å²) in [5.74, 6) is 0.370. The second-order valence-corrected chi connectivity index (χ2v) is 9.43. The Kier molecular flexibility index (Phi) is 7.19.